The summed E-state index contributed by atoms with van der Waals surface area (Å²) in [6.07, 6.45) is 71.8. The highest BCUT2D eigenvalue weighted by molar-refractivity contribution is 5.76. The van der Waals surface area contributed by atoms with Gasteiger partial charge in [0.2, 0.25) is 5.91 Å². The van der Waals surface area contributed by atoms with Gasteiger partial charge in [-0.25, -0.2) is 0 Å². The molecular weight excluding hydrogens is 959 g/mol. The van der Waals surface area contributed by atoms with Gasteiger partial charge in [0.15, 0.2) is 6.29 Å². The van der Waals surface area contributed by atoms with Crippen LogP contribution in [0.25, 0.3) is 0 Å². The molecular formula is C68H125NO8. The Balaban J connectivity index is 2.07. The van der Waals surface area contributed by atoms with E-state index < -0.39 is 49.5 Å². The number of hydrogen-bond acceptors (Lipinski definition) is 8. The van der Waals surface area contributed by atoms with Gasteiger partial charge in [-0.2, -0.15) is 0 Å². The van der Waals surface area contributed by atoms with E-state index in [9.17, 15) is 30.3 Å². The number of ether oxygens (including phenoxy) is 2. The monoisotopic (exact) mass is 1080 g/mol. The van der Waals surface area contributed by atoms with Crippen molar-refractivity contribution < 1.29 is 39.8 Å². The Morgan fingerprint density at radius 2 is 0.805 bits per heavy atom. The minimum Gasteiger partial charge on any atom is -0.394 e. The van der Waals surface area contributed by atoms with Gasteiger partial charge in [-0.05, 0) is 57.8 Å². The second kappa shape index (κ2) is 57.1. The molecule has 0 bridgehead atoms. The molecule has 0 aromatic heterocycles. The Hall–Kier alpha value is -2.11. The van der Waals surface area contributed by atoms with Crippen molar-refractivity contribution in [2.75, 3.05) is 13.2 Å². The Morgan fingerprint density at radius 1 is 0.455 bits per heavy atom. The van der Waals surface area contributed by atoms with Crippen LogP contribution in [0.2, 0.25) is 0 Å². The molecule has 0 aromatic carbocycles. The van der Waals surface area contributed by atoms with E-state index in [0.29, 0.717) is 6.42 Å². The van der Waals surface area contributed by atoms with E-state index in [-0.39, 0.29) is 12.5 Å². The predicted molar refractivity (Wildman–Crippen MR) is 327 cm³/mol. The van der Waals surface area contributed by atoms with E-state index in [1.165, 1.54) is 225 Å². The van der Waals surface area contributed by atoms with Gasteiger partial charge < -0.3 is 40.3 Å². The maximum Gasteiger partial charge on any atom is 0.220 e. The van der Waals surface area contributed by atoms with Crippen molar-refractivity contribution >= 4 is 5.91 Å². The van der Waals surface area contributed by atoms with E-state index in [4.69, 9.17) is 9.47 Å². The molecule has 9 nitrogen and oxygen atoms in total. The summed E-state index contributed by atoms with van der Waals surface area (Å²) in [5, 5.41) is 54.6. The molecule has 0 radical (unpaired) electrons. The largest absolute Gasteiger partial charge is 0.394 e. The van der Waals surface area contributed by atoms with E-state index in [1.54, 1.807) is 6.08 Å². The van der Waals surface area contributed by atoms with Crippen molar-refractivity contribution in [3.8, 4) is 0 Å². The molecule has 0 aliphatic carbocycles. The lowest BCUT2D eigenvalue weighted by atomic mass is 9.99. The molecule has 1 aliphatic rings. The van der Waals surface area contributed by atoms with E-state index in [2.05, 4.69) is 67.8 Å². The molecule has 1 rings (SSSR count). The fourth-order valence-electron chi connectivity index (χ4n) is 10.4. The quantitative estimate of drug-likeness (QED) is 0.0261. The van der Waals surface area contributed by atoms with Gasteiger partial charge in [-0.15, -0.1) is 0 Å². The SMILES string of the molecule is CC/C=C\C/C=C\C/C=C\C/C=C\CCCCCCCCCCCCCCCCCCCCCCCCCCC(=O)NC(COC1OC(CO)C(O)C(O)C1O)C(O)/C=C/CCCCCCCCCCCCCCCCC. The minimum absolute atomic E-state index is 0.172. The van der Waals surface area contributed by atoms with Gasteiger partial charge >= 0.3 is 0 Å². The maximum absolute atomic E-state index is 13.1. The molecule has 7 unspecified atom stereocenters. The normalized spacial score (nSPS) is 19.1. The van der Waals surface area contributed by atoms with E-state index in [1.807, 2.05) is 6.08 Å². The fourth-order valence-corrected chi connectivity index (χ4v) is 10.4. The number of carbonyl (C=O) groups is 1. The summed E-state index contributed by atoms with van der Waals surface area (Å²) in [5.41, 5.74) is 0. The highest BCUT2D eigenvalue weighted by Gasteiger charge is 2.44. The van der Waals surface area contributed by atoms with Crippen molar-refractivity contribution in [1.82, 2.24) is 5.32 Å². The van der Waals surface area contributed by atoms with Crippen molar-refractivity contribution in [1.29, 1.82) is 0 Å². The lowest BCUT2D eigenvalue weighted by Crippen LogP contribution is -2.60. The Labute approximate surface area is 475 Å². The highest BCUT2D eigenvalue weighted by Crippen LogP contribution is 2.23. The number of unbranched alkanes of at least 4 members (excludes halogenated alkanes) is 39. The average molecular weight is 1080 g/mol. The van der Waals surface area contributed by atoms with E-state index >= 15 is 0 Å². The molecule has 77 heavy (non-hydrogen) atoms. The number of allylic oxidation sites excluding steroid dienone is 9. The number of nitrogens with one attached hydrogen (secondary N) is 1. The number of rotatable bonds is 57. The topological polar surface area (TPSA) is 149 Å². The number of carbonyl (C=O) groups excluding carboxylic acids is 1. The lowest BCUT2D eigenvalue weighted by Gasteiger charge is -2.40. The zero-order chi connectivity index (χ0) is 55.8. The van der Waals surface area contributed by atoms with Crippen LogP contribution in [-0.4, -0.2) is 87.5 Å². The van der Waals surface area contributed by atoms with Crippen LogP contribution in [0.3, 0.4) is 0 Å². The summed E-state index contributed by atoms with van der Waals surface area (Å²) in [6, 6.07) is -0.804. The molecule has 0 spiro atoms. The highest BCUT2D eigenvalue weighted by atomic mass is 16.7. The van der Waals surface area contributed by atoms with Crippen LogP contribution in [0.5, 0.6) is 0 Å². The summed E-state index contributed by atoms with van der Waals surface area (Å²) in [7, 11) is 0. The van der Waals surface area contributed by atoms with Gasteiger partial charge in [-0.1, -0.05) is 306 Å². The van der Waals surface area contributed by atoms with Gasteiger partial charge in [0, 0.05) is 6.42 Å². The van der Waals surface area contributed by atoms with Crippen molar-refractivity contribution in [3.63, 3.8) is 0 Å². The average Bonchev–Trinajstić information content (AvgIpc) is 3.43. The number of aliphatic hydroxyl groups excluding tert-OH is 5. The lowest BCUT2D eigenvalue weighted by molar-refractivity contribution is -0.302. The van der Waals surface area contributed by atoms with Crippen LogP contribution in [0, 0.1) is 0 Å². The van der Waals surface area contributed by atoms with Crippen LogP contribution < -0.4 is 5.32 Å². The molecule has 450 valence electrons. The smallest absolute Gasteiger partial charge is 0.220 e. The molecule has 1 fully saturated rings. The van der Waals surface area contributed by atoms with Crippen LogP contribution in [0.4, 0.5) is 0 Å². The Bertz CT molecular complexity index is 1400. The number of aliphatic hydroxyl groups is 5. The zero-order valence-corrected chi connectivity index (χ0v) is 50.2. The van der Waals surface area contributed by atoms with Crippen LogP contribution >= 0.6 is 0 Å². The molecule has 0 saturated carbocycles. The van der Waals surface area contributed by atoms with Crippen molar-refractivity contribution in [2.45, 2.75) is 352 Å². The molecule has 1 aliphatic heterocycles. The number of amides is 1. The summed E-state index contributed by atoms with van der Waals surface area (Å²) < 4.78 is 11.3. The van der Waals surface area contributed by atoms with Crippen LogP contribution in [0.1, 0.15) is 309 Å². The fraction of sp³-hybridized carbons (Fsp3) is 0.838. The molecule has 1 heterocycles. The maximum atomic E-state index is 13.1. The third-order valence-electron chi connectivity index (χ3n) is 15.6. The first-order valence-corrected chi connectivity index (χ1v) is 33.0. The van der Waals surface area contributed by atoms with Crippen LogP contribution in [0.15, 0.2) is 60.8 Å². The summed E-state index contributed by atoms with van der Waals surface area (Å²) in [4.78, 5) is 13.1. The number of hydrogen-bond donors (Lipinski definition) is 6. The van der Waals surface area contributed by atoms with E-state index in [0.717, 1.165) is 64.2 Å². The Morgan fingerprint density at radius 3 is 1.19 bits per heavy atom. The van der Waals surface area contributed by atoms with Crippen LogP contribution in [-0.2, 0) is 14.3 Å². The third-order valence-corrected chi connectivity index (χ3v) is 15.6. The first-order valence-electron chi connectivity index (χ1n) is 33.0. The standard InChI is InChI=1S/C68H125NO8/c1-3-5-7-9-11-13-15-17-19-21-22-23-24-25-26-27-28-29-30-31-32-33-34-35-36-37-38-39-40-42-44-46-48-50-52-54-56-58-64(72)69-61(60-76-68-67(75)66(74)65(73)63(59-70)77-68)62(71)57-55-53-51-49-47-45-43-41-20-18-16-14-12-10-8-6-4-2/h5,7,11,13,17,19,22-23,55,57,61-63,65-68,70-71,73-75H,3-4,6,8-10,12,14-16,18,20-21,24-54,56,58-60H2,1-2H3,(H,69,72)/b7-5-,13-11-,19-17-,23-22-,57-55+. The first kappa shape index (κ1) is 72.9. The third kappa shape index (κ3) is 46.2. The second-order valence-electron chi connectivity index (χ2n) is 22.9. The van der Waals surface area contributed by atoms with Gasteiger partial charge in [0.05, 0.1) is 25.4 Å². The minimum atomic E-state index is -1.57. The van der Waals surface area contributed by atoms with Gasteiger partial charge in [0.25, 0.3) is 0 Å². The van der Waals surface area contributed by atoms with Crippen molar-refractivity contribution in [2.24, 2.45) is 0 Å². The summed E-state index contributed by atoms with van der Waals surface area (Å²) in [5.74, 6) is -0.172. The Kier molecular flexibility index (Phi) is 54.1. The second-order valence-corrected chi connectivity index (χ2v) is 22.9. The molecule has 9 heteroatoms. The van der Waals surface area contributed by atoms with Gasteiger partial charge in [-0.3, -0.25) is 4.79 Å². The molecule has 1 amide bonds. The molecule has 7 atom stereocenters. The molecule has 0 aromatic rings. The summed E-state index contributed by atoms with van der Waals surface area (Å²) in [6.45, 7) is 3.70. The summed E-state index contributed by atoms with van der Waals surface area (Å²) >= 11 is 0. The first-order chi connectivity index (χ1) is 37.8. The van der Waals surface area contributed by atoms with Crippen molar-refractivity contribution in [3.05, 3.63) is 60.8 Å². The predicted octanol–water partition coefficient (Wildman–Crippen LogP) is 17.4. The zero-order valence-electron chi connectivity index (χ0n) is 50.2. The molecule has 1 saturated heterocycles. The molecule has 6 N–H and O–H groups in total. The van der Waals surface area contributed by atoms with Gasteiger partial charge in [0.1, 0.15) is 24.4 Å².